The zero-order valence-corrected chi connectivity index (χ0v) is 14.8. The summed E-state index contributed by atoms with van der Waals surface area (Å²) in [5.41, 5.74) is 1.01. The normalized spacial score (nSPS) is 18.0. The van der Waals surface area contributed by atoms with Gasteiger partial charge < -0.3 is 10.2 Å². The molecule has 22 heavy (non-hydrogen) atoms. The van der Waals surface area contributed by atoms with Gasteiger partial charge in [-0.05, 0) is 63.4 Å². The first-order chi connectivity index (χ1) is 10.5. The van der Waals surface area contributed by atoms with E-state index >= 15 is 0 Å². The van der Waals surface area contributed by atoms with E-state index in [9.17, 15) is 4.79 Å². The van der Waals surface area contributed by atoms with Gasteiger partial charge in [0.1, 0.15) is 0 Å². The summed E-state index contributed by atoms with van der Waals surface area (Å²) < 4.78 is 0. The standard InChI is InChI=1S/C17H24Cl2N2O/c1-12(2)21(11-14-3-5-15(18)16(19)9-14)17(22)6-4-13-7-8-20-10-13/h3,5,9,12-13,20H,4,6-8,10-11H2,1-2H3. The van der Waals surface area contributed by atoms with E-state index in [-0.39, 0.29) is 11.9 Å². The van der Waals surface area contributed by atoms with Crippen LogP contribution in [0.1, 0.15) is 38.7 Å². The molecule has 2 rings (SSSR count). The molecule has 0 saturated carbocycles. The minimum atomic E-state index is 0.170. The smallest absolute Gasteiger partial charge is 0.223 e. The Kier molecular flexibility index (Phi) is 6.54. The van der Waals surface area contributed by atoms with E-state index in [1.807, 2.05) is 30.9 Å². The van der Waals surface area contributed by atoms with Crippen LogP contribution in [0.15, 0.2) is 18.2 Å². The highest BCUT2D eigenvalue weighted by atomic mass is 35.5. The lowest BCUT2D eigenvalue weighted by atomic mass is 10.0. The van der Waals surface area contributed by atoms with Crippen molar-refractivity contribution >= 4 is 29.1 Å². The molecule has 1 aliphatic heterocycles. The molecule has 0 bridgehead atoms. The van der Waals surface area contributed by atoms with Crippen LogP contribution in [0.25, 0.3) is 0 Å². The summed E-state index contributed by atoms with van der Waals surface area (Å²) in [4.78, 5) is 14.5. The molecule has 3 nitrogen and oxygen atoms in total. The van der Waals surface area contributed by atoms with E-state index < -0.39 is 0 Å². The Balaban J connectivity index is 1.95. The fraction of sp³-hybridized carbons (Fsp3) is 0.588. The maximum Gasteiger partial charge on any atom is 0.223 e. The van der Waals surface area contributed by atoms with E-state index in [4.69, 9.17) is 23.2 Å². The number of nitrogens with one attached hydrogen (secondary N) is 1. The van der Waals surface area contributed by atoms with E-state index in [1.165, 1.54) is 6.42 Å². The molecule has 122 valence electrons. The van der Waals surface area contributed by atoms with Crippen molar-refractivity contribution in [3.05, 3.63) is 33.8 Å². The van der Waals surface area contributed by atoms with Gasteiger partial charge >= 0.3 is 0 Å². The van der Waals surface area contributed by atoms with Crippen LogP contribution >= 0.6 is 23.2 Å². The summed E-state index contributed by atoms with van der Waals surface area (Å²) in [5.74, 6) is 0.857. The van der Waals surface area contributed by atoms with Gasteiger partial charge in [0.25, 0.3) is 0 Å². The lowest BCUT2D eigenvalue weighted by Crippen LogP contribution is -2.36. The Hall–Kier alpha value is -0.770. The summed E-state index contributed by atoms with van der Waals surface area (Å²) in [6.45, 7) is 6.80. The summed E-state index contributed by atoms with van der Waals surface area (Å²) in [6.07, 6.45) is 2.77. The Morgan fingerprint density at radius 3 is 2.73 bits per heavy atom. The number of nitrogens with zero attached hydrogens (tertiary/aromatic N) is 1. The fourth-order valence-electron chi connectivity index (χ4n) is 2.83. The van der Waals surface area contributed by atoms with Gasteiger partial charge in [-0.3, -0.25) is 4.79 Å². The average molecular weight is 343 g/mol. The number of halogens is 2. The van der Waals surface area contributed by atoms with Crippen molar-refractivity contribution in [2.75, 3.05) is 13.1 Å². The molecule has 1 aromatic rings. The molecule has 1 saturated heterocycles. The lowest BCUT2D eigenvalue weighted by Gasteiger charge is -2.27. The molecule has 1 aromatic carbocycles. The number of carbonyl (C=O) groups excluding carboxylic acids is 1. The minimum Gasteiger partial charge on any atom is -0.336 e. The van der Waals surface area contributed by atoms with E-state index in [0.29, 0.717) is 28.9 Å². The number of rotatable bonds is 6. The first kappa shape index (κ1) is 17.6. The molecular formula is C17H24Cl2N2O. The molecule has 1 N–H and O–H groups in total. The highest BCUT2D eigenvalue weighted by molar-refractivity contribution is 6.42. The maximum atomic E-state index is 12.5. The molecule has 1 fully saturated rings. The van der Waals surface area contributed by atoms with Crippen molar-refractivity contribution in [3.8, 4) is 0 Å². The topological polar surface area (TPSA) is 32.3 Å². The number of hydrogen-bond acceptors (Lipinski definition) is 2. The van der Waals surface area contributed by atoms with Crippen LogP contribution in [-0.2, 0) is 11.3 Å². The summed E-state index contributed by atoms with van der Waals surface area (Å²) in [6, 6.07) is 5.72. The van der Waals surface area contributed by atoms with Crippen LogP contribution in [0.4, 0.5) is 0 Å². The Morgan fingerprint density at radius 1 is 1.36 bits per heavy atom. The molecule has 0 aliphatic carbocycles. The highest BCUT2D eigenvalue weighted by Crippen LogP contribution is 2.24. The molecular weight excluding hydrogens is 319 g/mol. The fourth-order valence-corrected chi connectivity index (χ4v) is 3.15. The molecule has 1 unspecified atom stereocenters. The van der Waals surface area contributed by atoms with Crippen LogP contribution in [0.3, 0.4) is 0 Å². The molecule has 5 heteroatoms. The average Bonchev–Trinajstić information content (AvgIpc) is 2.99. The highest BCUT2D eigenvalue weighted by Gasteiger charge is 2.21. The molecule has 1 atom stereocenters. The second-order valence-electron chi connectivity index (χ2n) is 6.26. The number of carbonyl (C=O) groups is 1. The predicted molar refractivity (Wildman–Crippen MR) is 92.4 cm³/mol. The molecule has 0 spiro atoms. The largest absolute Gasteiger partial charge is 0.336 e. The van der Waals surface area contributed by atoms with Gasteiger partial charge in [0.05, 0.1) is 10.0 Å². The lowest BCUT2D eigenvalue weighted by molar-refractivity contribution is -0.133. The zero-order valence-electron chi connectivity index (χ0n) is 13.2. The van der Waals surface area contributed by atoms with Crippen molar-refractivity contribution in [2.24, 2.45) is 5.92 Å². The van der Waals surface area contributed by atoms with Crippen LogP contribution in [0.2, 0.25) is 10.0 Å². The van der Waals surface area contributed by atoms with Crippen LogP contribution in [-0.4, -0.2) is 29.9 Å². The van der Waals surface area contributed by atoms with Crippen molar-refractivity contribution in [1.29, 1.82) is 0 Å². The number of hydrogen-bond donors (Lipinski definition) is 1. The van der Waals surface area contributed by atoms with Crippen molar-refractivity contribution < 1.29 is 4.79 Å². The Labute approximate surface area is 143 Å². The van der Waals surface area contributed by atoms with Gasteiger partial charge in [-0.25, -0.2) is 0 Å². The second kappa shape index (κ2) is 8.19. The number of amides is 1. The van der Waals surface area contributed by atoms with Crippen LogP contribution in [0, 0.1) is 5.92 Å². The van der Waals surface area contributed by atoms with E-state index in [2.05, 4.69) is 5.32 Å². The maximum absolute atomic E-state index is 12.5. The van der Waals surface area contributed by atoms with E-state index in [1.54, 1.807) is 6.07 Å². The third-order valence-electron chi connectivity index (χ3n) is 4.21. The third kappa shape index (κ3) is 4.87. The SMILES string of the molecule is CC(C)N(Cc1ccc(Cl)c(Cl)c1)C(=O)CCC1CCNC1. The molecule has 1 amide bonds. The van der Waals surface area contributed by atoms with Crippen LogP contribution < -0.4 is 5.32 Å². The van der Waals surface area contributed by atoms with Gasteiger partial charge in [0, 0.05) is 19.0 Å². The van der Waals surface area contributed by atoms with Gasteiger partial charge in [0.2, 0.25) is 5.91 Å². The Morgan fingerprint density at radius 2 is 2.14 bits per heavy atom. The van der Waals surface area contributed by atoms with E-state index in [0.717, 1.165) is 25.1 Å². The first-order valence-electron chi connectivity index (χ1n) is 7.91. The monoisotopic (exact) mass is 342 g/mol. The summed E-state index contributed by atoms with van der Waals surface area (Å²) >= 11 is 12.0. The van der Waals surface area contributed by atoms with Crippen molar-refractivity contribution in [2.45, 2.75) is 45.7 Å². The van der Waals surface area contributed by atoms with Gasteiger partial charge in [0.15, 0.2) is 0 Å². The molecule has 0 radical (unpaired) electrons. The number of benzene rings is 1. The zero-order chi connectivity index (χ0) is 16.1. The van der Waals surface area contributed by atoms with Crippen LogP contribution in [0.5, 0.6) is 0 Å². The first-order valence-corrected chi connectivity index (χ1v) is 8.67. The second-order valence-corrected chi connectivity index (χ2v) is 7.08. The minimum absolute atomic E-state index is 0.170. The summed E-state index contributed by atoms with van der Waals surface area (Å²) in [7, 11) is 0. The Bertz CT molecular complexity index is 513. The predicted octanol–water partition coefficient (Wildman–Crippen LogP) is 4.12. The van der Waals surface area contributed by atoms with Gasteiger partial charge in [-0.2, -0.15) is 0 Å². The van der Waals surface area contributed by atoms with Crippen molar-refractivity contribution in [3.63, 3.8) is 0 Å². The summed E-state index contributed by atoms with van der Waals surface area (Å²) in [5, 5.41) is 4.43. The van der Waals surface area contributed by atoms with Crippen molar-refractivity contribution in [1.82, 2.24) is 10.2 Å². The molecule has 1 aliphatic rings. The molecule has 1 heterocycles. The quantitative estimate of drug-likeness (QED) is 0.843. The van der Waals surface area contributed by atoms with Gasteiger partial charge in [-0.15, -0.1) is 0 Å². The molecule has 0 aromatic heterocycles. The van der Waals surface area contributed by atoms with Gasteiger partial charge in [-0.1, -0.05) is 29.3 Å². The third-order valence-corrected chi connectivity index (χ3v) is 4.95.